The molecule has 0 spiro atoms. The predicted molar refractivity (Wildman–Crippen MR) is 151 cm³/mol. The number of aromatic nitrogens is 4. The van der Waals surface area contributed by atoms with Crippen molar-refractivity contribution in [3.05, 3.63) is 71.1 Å². The summed E-state index contributed by atoms with van der Waals surface area (Å²) in [6.07, 6.45) is 6.38. The van der Waals surface area contributed by atoms with Crippen molar-refractivity contribution in [1.82, 2.24) is 25.1 Å². The molecule has 9 heteroatoms. The predicted octanol–water partition coefficient (Wildman–Crippen LogP) is 6.14. The highest BCUT2D eigenvalue weighted by Crippen LogP contribution is 2.30. The number of rotatable bonds is 8. The van der Waals surface area contributed by atoms with Gasteiger partial charge in [-0.25, -0.2) is 14.6 Å². The first-order valence-corrected chi connectivity index (χ1v) is 13.6. The van der Waals surface area contributed by atoms with Crippen LogP contribution in [-0.4, -0.2) is 44.8 Å². The minimum absolute atomic E-state index is 0.0493. The van der Waals surface area contributed by atoms with E-state index in [0.717, 1.165) is 66.2 Å². The van der Waals surface area contributed by atoms with Gasteiger partial charge in [0.2, 0.25) is 0 Å². The molecule has 2 aromatic heterocycles. The molecule has 5 rings (SSSR count). The number of nitrogens with zero attached hydrogens (tertiary/aromatic N) is 4. The van der Waals surface area contributed by atoms with E-state index in [0.29, 0.717) is 10.6 Å². The molecule has 0 saturated heterocycles. The summed E-state index contributed by atoms with van der Waals surface area (Å²) in [5, 5.41) is 13.0. The number of hydrogen-bond donors (Lipinski definition) is 2. The first kappa shape index (κ1) is 26.0. The maximum Gasteiger partial charge on any atom is 0.251 e. The summed E-state index contributed by atoms with van der Waals surface area (Å²) in [5.41, 5.74) is 2.17. The summed E-state index contributed by atoms with van der Waals surface area (Å²) < 4.78 is 6.98. The van der Waals surface area contributed by atoms with Crippen LogP contribution in [0.15, 0.2) is 54.7 Å². The maximum atomic E-state index is 12.7. The third kappa shape index (κ3) is 5.45. The zero-order valence-corrected chi connectivity index (χ0v) is 22.7. The van der Waals surface area contributed by atoms with Gasteiger partial charge in [0.15, 0.2) is 5.65 Å². The van der Waals surface area contributed by atoms with Gasteiger partial charge in [0.1, 0.15) is 17.4 Å². The molecule has 2 heterocycles. The van der Waals surface area contributed by atoms with Gasteiger partial charge in [0.05, 0.1) is 29.4 Å². The number of methoxy groups -OCH3 is 1. The van der Waals surface area contributed by atoms with Crippen molar-refractivity contribution in [3.8, 4) is 11.4 Å². The Morgan fingerprint density at radius 2 is 1.79 bits per heavy atom. The lowest BCUT2D eigenvalue weighted by molar-refractivity contribution is 0.0926. The Morgan fingerprint density at radius 3 is 2.47 bits per heavy atom. The van der Waals surface area contributed by atoms with E-state index in [1.165, 1.54) is 0 Å². The Bertz CT molecular complexity index is 1410. The van der Waals surface area contributed by atoms with Gasteiger partial charge in [0.25, 0.3) is 5.91 Å². The number of carbonyl (C=O) groups excluding carboxylic acids is 1. The van der Waals surface area contributed by atoms with Crippen LogP contribution < -0.4 is 15.4 Å². The molecule has 4 aromatic rings. The van der Waals surface area contributed by atoms with Crippen LogP contribution in [0, 0.1) is 0 Å². The topological polar surface area (TPSA) is 94.0 Å². The second kappa shape index (κ2) is 11.4. The summed E-state index contributed by atoms with van der Waals surface area (Å²) in [6.45, 7) is 4.27. The molecule has 1 unspecified atom stereocenters. The summed E-state index contributed by atoms with van der Waals surface area (Å²) in [7, 11) is 1.62. The molecule has 8 nitrogen and oxygen atoms in total. The number of para-hydroxylation sites is 1. The molecule has 0 aliphatic heterocycles. The molecule has 0 radical (unpaired) electrons. The SMILES string of the molecule is CCC(C)c1nc(NC2CCC(NC(=O)c3ccc(OC)cc3)CC2)c2cnn(-c3ccccc3Cl)c2n1. The Morgan fingerprint density at radius 1 is 1.08 bits per heavy atom. The molecule has 38 heavy (non-hydrogen) atoms. The second-order valence-corrected chi connectivity index (χ2v) is 10.3. The highest BCUT2D eigenvalue weighted by Gasteiger charge is 2.25. The molecule has 198 valence electrons. The number of benzene rings is 2. The van der Waals surface area contributed by atoms with E-state index >= 15 is 0 Å². The van der Waals surface area contributed by atoms with Gasteiger partial charge < -0.3 is 15.4 Å². The number of carbonyl (C=O) groups is 1. The normalized spacial score (nSPS) is 18.2. The lowest BCUT2D eigenvalue weighted by Gasteiger charge is -2.30. The van der Waals surface area contributed by atoms with Crippen LogP contribution in [0.1, 0.15) is 68.1 Å². The van der Waals surface area contributed by atoms with Crippen LogP contribution in [0.25, 0.3) is 16.7 Å². The molecule has 2 aromatic carbocycles. The fourth-order valence-electron chi connectivity index (χ4n) is 4.82. The van der Waals surface area contributed by atoms with Crippen molar-refractivity contribution in [1.29, 1.82) is 0 Å². The average molecular weight is 533 g/mol. The van der Waals surface area contributed by atoms with Crippen LogP contribution in [-0.2, 0) is 0 Å². The highest BCUT2D eigenvalue weighted by molar-refractivity contribution is 6.32. The molecule has 0 bridgehead atoms. The van der Waals surface area contributed by atoms with Gasteiger partial charge in [-0.3, -0.25) is 4.79 Å². The van der Waals surface area contributed by atoms with E-state index in [2.05, 4.69) is 29.6 Å². The largest absolute Gasteiger partial charge is 0.497 e. The van der Waals surface area contributed by atoms with Crippen molar-refractivity contribution >= 4 is 34.4 Å². The number of fused-ring (bicyclic) bond motifs is 1. The molecule has 1 aliphatic rings. The minimum atomic E-state index is -0.0493. The summed E-state index contributed by atoms with van der Waals surface area (Å²) in [4.78, 5) is 22.5. The highest BCUT2D eigenvalue weighted by atomic mass is 35.5. The van der Waals surface area contributed by atoms with Gasteiger partial charge in [-0.15, -0.1) is 0 Å². The molecule has 1 aliphatic carbocycles. The van der Waals surface area contributed by atoms with E-state index in [1.54, 1.807) is 36.1 Å². The molecule has 1 atom stereocenters. The van der Waals surface area contributed by atoms with Gasteiger partial charge >= 0.3 is 0 Å². The number of amides is 1. The van der Waals surface area contributed by atoms with E-state index in [1.807, 2.05) is 30.5 Å². The van der Waals surface area contributed by atoms with E-state index in [-0.39, 0.29) is 23.9 Å². The van der Waals surface area contributed by atoms with Gasteiger partial charge in [0, 0.05) is 23.6 Å². The van der Waals surface area contributed by atoms with Crippen LogP contribution in [0.2, 0.25) is 5.02 Å². The van der Waals surface area contributed by atoms with Crippen LogP contribution in [0.5, 0.6) is 5.75 Å². The zero-order valence-electron chi connectivity index (χ0n) is 21.9. The van der Waals surface area contributed by atoms with E-state index in [4.69, 9.17) is 26.3 Å². The minimum Gasteiger partial charge on any atom is -0.497 e. The molecule has 1 fully saturated rings. The number of hydrogen-bond acceptors (Lipinski definition) is 6. The van der Waals surface area contributed by atoms with Gasteiger partial charge in [-0.2, -0.15) is 5.10 Å². The first-order chi connectivity index (χ1) is 18.5. The fraction of sp³-hybridized carbons (Fsp3) is 0.379. The number of nitrogens with one attached hydrogen (secondary N) is 2. The molecular formula is C29H33ClN6O2. The van der Waals surface area contributed by atoms with Crippen molar-refractivity contribution < 1.29 is 9.53 Å². The van der Waals surface area contributed by atoms with Crippen molar-refractivity contribution in [2.24, 2.45) is 0 Å². The monoisotopic (exact) mass is 532 g/mol. The summed E-state index contributed by atoms with van der Waals surface area (Å²) in [5.74, 6) is 2.48. The third-order valence-corrected chi connectivity index (χ3v) is 7.65. The lowest BCUT2D eigenvalue weighted by Crippen LogP contribution is -2.40. The van der Waals surface area contributed by atoms with Gasteiger partial charge in [-0.05, 0) is 68.5 Å². The van der Waals surface area contributed by atoms with Crippen molar-refractivity contribution in [3.63, 3.8) is 0 Å². The Kier molecular flexibility index (Phi) is 7.79. The van der Waals surface area contributed by atoms with Crippen LogP contribution in [0.4, 0.5) is 5.82 Å². The number of anilines is 1. The molecule has 1 amide bonds. The Balaban J connectivity index is 1.31. The summed E-state index contributed by atoms with van der Waals surface area (Å²) in [6, 6.07) is 15.2. The molecular weight excluding hydrogens is 500 g/mol. The fourth-order valence-corrected chi connectivity index (χ4v) is 5.04. The van der Waals surface area contributed by atoms with E-state index in [9.17, 15) is 4.79 Å². The zero-order chi connectivity index (χ0) is 26.6. The third-order valence-electron chi connectivity index (χ3n) is 7.33. The Hall–Kier alpha value is -3.65. The number of halogens is 1. The maximum absolute atomic E-state index is 12.7. The smallest absolute Gasteiger partial charge is 0.251 e. The van der Waals surface area contributed by atoms with Crippen LogP contribution >= 0.6 is 11.6 Å². The lowest BCUT2D eigenvalue weighted by atomic mass is 9.91. The van der Waals surface area contributed by atoms with Crippen molar-refractivity contribution in [2.75, 3.05) is 12.4 Å². The first-order valence-electron chi connectivity index (χ1n) is 13.2. The van der Waals surface area contributed by atoms with Crippen LogP contribution in [0.3, 0.4) is 0 Å². The molecule has 2 N–H and O–H groups in total. The average Bonchev–Trinajstić information content (AvgIpc) is 3.38. The second-order valence-electron chi connectivity index (χ2n) is 9.88. The van der Waals surface area contributed by atoms with E-state index < -0.39 is 0 Å². The summed E-state index contributed by atoms with van der Waals surface area (Å²) >= 11 is 6.49. The van der Waals surface area contributed by atoms with Gasteiger partial charge in [-0.1, -0.05) is 37.6 Å². The van der Waals surface area contributed by atoms with Crippen molar-refractivity contribution in [2.45, 2.75) is 64.0 Å². The quantitative estimate of drug-likeness (QED) is 0.283. The molecule has 1 saturated carbocycles. The standard InChI is InChI=1S/C29H33ClN6O2/c1-4-18(2)26-34-27(23-17-31-36(28(23)35-26)25-8-6-5-7-24(25)30)32-20-11-13-21(14-12-20)33-29(37)19-9-15-22(38-3)16-10-19/h5-10,15-18,20-21H,4,11-14H2,1-3H3,(H,33,37)(H,32,34,35). The Labute approximate surface area is 227 Å². The number of ether oxygens (including phenoxy) is 1.